The molecule has 0 spiro atoms. The minimum Gasteiger partial charge on any atom is -0.497 e. The molecular weight excluding hydrogens is 425 g/mol. The molecule has 178 valence electrons. The predicted molar refractivity (Wildman–Crippen MR) is 125 cm³/mol. The Balaban J connectivity index is 1.37. The molecule has 4 rings (SSSR count). The van der Waals surface area contributed by atoms with E-state index in [9.17, 15) is 8.78 Å². The van der Waals surface area contributed by atoms with E-state index in [0.717, 1.165) is 51.4 Å². The first-order chi connectivity index (χ1) is 16.0. The molecule has 0 amide bonds. The molecule has 2 aliphatic carbocycles. The van der Waals surface area contributed by atoms with Crippen LogP contribution in [-0.2, 0) is 4.74 Å². The van der Waals surface area contributed by atoms with Crippen molar-refractivity contribution in [2.24, 2.45) is 5.92 Å². The molecule has 0 unspecified atom stereocenters. The van der Waals surface area contributed by atoms with Gasteiger partial charge in [0.2, 0.25) is 0 Å². The zero-order valence-electron chi connectivity index (χ0n) is 19.5. The highest BCUT2D eigenvalue weighted by Gasteiger charge is 2.29. The Morgan fingerprint density at radius 2 is 1.33 bits per heavy atom. The summed E-state index contributed by atoms with van der Waals surface area (Å²) >= 11 is 0. The summed E-state index contributed by atoms with van der Waals surface area (Å²) in [5.74, 6) is -0.739. The largest absolute Gasteiger partial charge is 0.497 e. The molecule has 0 bridgehead atoms. The molecule has 2 saturated carbocycles. The van der Waals surface area contributed by atoms with Crippen LogP contribution < -0.4 is 4.74 Å². The highest BCUT2D eigenvalue weighted by molar-refractivity contribution is 5.52. The summed E-state index contributed by atoms with van der Waals surface area (Å²) in [6, 6.07) is 8.44. The smallest absolute Gasteiger partial charge is 0.162 e. The average molecular weight is 459 g/mol. The molecule has 33 heavy (non-hydrogen) atoms. The molecule has 2 aromatic rings. The quantitative estimate of drug-likeness (QED) is 0.440. The minimum absolute atomic E-state index is 0.0279. The summed E-state index contributed by atoms with van der Waals surface area (Å²) in [7, 11) is 3.22. The van der Waals surface area contributed by atoms with E-state index in [4.69, 9.17) is 9.47 Å². The van der Waals surface area contributed by atoms with Gasteiger partial charge in [0.1, 0.15) is 11.6 Å². The number of rotatable bonds is 6. The van der Waals surface area contributed by atoms with Gasteiger partial charge in [0.25, 0.3) is 0 Å². The van der Waals surface area contributed by atoms with Crippen molar-refractivity contribution >= 4 is 6.08 Å². The third-order valence-corrected chi connectivity index (χ3v) is 7.56. The van der Waals surface area contributed by atoms with Crippen LogP contribution in [0.1, 0.15) is 79.9 Å². The first-order valence-electron chi connectivity index (χ1n) is 12.0. The zero-order chi connectivity index (χ0) is 23.4. The van der Waals surface area contributed by atoms with Gasteiger partial charge in [-0.3, -0.25) is 0 Å². The first kappa shape index (κ1) is 23.9. The SMILES string of the molecule is COc1ccc(/C=C/C2CCC(c3ccc(C4CCC(OC)CC4)c(F)c3F)CC2)c(F)c1. The second-order valence-electron chi connectivity index (χ2n) is 9.44. The number of halogens is 3. The normalized spacial score (nSPS) is 26.0. The van der Waals surface area contributed by atoms with E-state index in [1.165, 1.54) is 13.2 Å². The number of methoxy groups -OCH3 is 2. The number of benzene rings is 2. The van der Waals surface area contributed by atoms with Gasteiger partial charge in [-0.1, -0.05) is 24.3 Å². The molecule has 2 aliphatic rings. The van der Waals surface area contributed by atoms with Crippen LogP contribution in [0.4, 0.5) is 13.2 Å². The van der Waals surface area contributed by atoms with Crippen LogP contribution in [0.2, 0.25) is 0 Å². The lowest BCUT2D eigenvalue weighted by Crippen LogP contribution is -2.20. The van der Waals surface area contributed by atoms with Gasteiger partial charge in [-0.2, -0.15) is 0 Å². The van der Waals surface area contributed by atoms with Crippen LogP contribution in [0, 0.1) is 23.4 Å². The first-order valence-corrected chi connectivity index (χ1v) is 12.0. The van der Waals surface area contributed by atoms with E-state index >= 15 is 4.39 Å². The standard InChI is InChI=1S/C28H33F3O2/c1-32-22-12-9-20(10-13-22)25-16-15-24(27(30)28(25)31)19-6-3-18(4-7-19)5-8-21-11-14-23(33-2)17-26(21)29/h5,8,11,14-20,22H,3-4,6-7,9-10,12-13H2,1-2H3/b8-5+. The molecule has 0 atom stereocenters. The molecule has 0 saturated heterocycles. The average Bonchev–Trinajstić information content (AvgIpc) is 2.85. The fourth-order valence-corrected chi connectivity index (χ4v) is 5.45. The fraction of sp³-hybridized carbons (Fsp3) is 0.500. The van der Waals surface area contributed by atoms with Crippen molar-refractivity contribution in [3.8, 4) is 5.75 Å². The Morgan fingerprint density at radius 3 is 1.85 bits per heavy atom. The summed E-state index contributed by atoms with van der Waals surface area (Å²) < 4.78 is 54.6. The van der Waals surface area contributed by atoms with Crippen molar-refractivity contribution < 1.29 is 22.6 Å². The summed E-state index contributed by atoms with van der Waals surface area (Å²) in [5.41, 5.74) is 1.55. The van der Waals surface area contributed by atoms with Crippen molar-refractivity contribution in [3.05, 3.63) is 70.5 Å². The molecule has 0 radical (unpaired) electrons. The third-order valence-electron chi connectivity index (χ3n) is 7.56. The Labute approximate surface area is 194 Å². The Bertz CT molecular complexity index is 971. The molecule has 2 nitrogen and oxygen atoms in total. The predicted octanol–water partition coefficient (Wildman–Crippen LogP) is 7.77. The topological polar surface area (TPSA) is 18.5 Å². The van der Waals surface area contributed by atoms with E-state index in [1.807, 2.05) is 24.3 Å². The van der Waals surface area contributed by atoms with Gasteiger partial charge >= 0.3 is 0 Å². The van der Waals surface area contributed by atoms with Gasteiger partial charge in [0.15, 0.2) is 11.6 Å². The molecule has 0 aliphatic heterocycles. The number of allylic oxidation sites excluding steroid dienone is 1. The maximum absolute atomic E-state index is 15.1. The van der Waals surface area contributed by atoms with Crippen molar-refractivity contribution in [1.29, 1.82) is 0 Å². The Kier molecular flexibility index (Phi) is 7.79. The van der Waals surface area contributed by atoms with Crippen molar-refractivity contribution in [2.45, 2.75) is 69.3 Å². The van der Waals surface area contributed by atoms with Crippen LogP contribution in [-0.4, -0.2) is 20.3 Å². The Morgan fingerprint density at radius 1 is 0.758 bits per heavy atom. The van der Waals surface area contributed by atoms with Gasteiger partial charge in [0, 0.05) is 18.7 Å². The molecule has 2 aromatic carbocycles. The maximum atomic E-state index is 15.1. The number of hydrogen-bond donors (Lipinski definition) is 0. The van der Waals surface area contributed by atoms with E-state index in [-0.39, 0.29) is 23.8 Å². The lowest BCUT2D eigenvalue weighted by Gasteiger charge is -2.30. The van der Waals surface area contributed by atoms with E-state index in [2.05, 4.69) is 0 Å². The van der Waals surface area contributed by atoms with Gasteiger partial charge in [-0.05, 0) is 92.4 Å². The monoisotopic (exact) mass is 458 g/mol. The van der Waals surface area contributed by atoms with Crippen LogP contribution in [0.25, 0.3) is 6.08 Å². The summed E-state index contributed by atoms with van der Waals surface area (Å²) in [6.45, 7) is 0. The van der Waals surface area contributed by atoms with Crippen LogP contribution in [0.5, 0.6) is 5.75 Å². The molecule has 5 heteroatoms. The van der Waals surface area contributed by atoms with E-state index < -0.39 is 11.6 Å². The number of ether oxygens (including phenoxy) is 2. The number of hydrogen-bond acceptors (Lipinski definition) is 2. The van der Waals surface area contributed by atoms with Crippen molar-refractivity contribution in [3.63, 3.8) is 0 Å². The van der Waals surface area contributed by atoms with Gasteiger partial charge in [-0.25, -0.2) is 13.2 Å². The summed E-state index contributed by atoms with van der Waals surface area (Å²) in [5, 5.41) is 0. The van der Waals surface area contributed by atoms with E-state index in [0.29, 0.717) is 28.4 Å². The molecule has 2 fully saturated rings. The highest BCUT2D eigenvalue weighted by atomic mass is 19.2. The van der Waals surface area contributed by atoms with Gasteiger partial charge in [0.05, 0.1) is 13.2 Å². The Hall–Kier alpha value is -2.27. The van der Waals surface area contributed by atoms with E-state index in [1.54, 1.807) is 19.2 Å². The van der Waals surface area contributed by atoms with Gasteiger partial charge < -0.3 is 9.47 Å². The molecule has 0 N–H and O–H groups in total. The molecule has 0 heterocycles. The lowest BCUT2D eigenvalue weighted by molar-refractivity contribution is 0.0655. The summed E-state index contributed by atoms with van der Waals surface area (Å²) in [4.78, 5) is 0. The zero-order valence-corrected chi connectivity index (χ0v) is 19.5. The van der Waals surface area contributed by atoms with Gasteiger partial charge in [-0.15, -0.1) is 0 Å². The minimum atomic E-state index is -0.666. The van der Waals surface area contributed by atoms with Crippen LogP contribution >= 0.6 is 0 Å². The molecule has 0 aromatic heterocycles. The fourth-order valence-electron chi connectivity index (χ4n) is 5.45. The second kappa shape index (κ2) is 10.8. The highest BCUT2D eigenvalue weighted by Crippen LogP contribution is 2.41. The van der Waals surface area contributed by atoms with Crippen molar-refractivity contribution in [2.75, 3.05) is 14.2 Å². The second-order valence-corrected chi connectivity index (χ2v) is 9.44. The summed E-state index contributed by atoms with van der Waals surface area (Å²) in [6.07, 6.45) is 10.9. The van der Waals surface area contributed by atoms with Crippen LogP contribution in [0.15, 0.2) is 36.4 Å². The maximum Gasteiger partial charge on any atom is 0.162 e. The van der Waals surface area contributed by atoms with Crippen molar-refractivity contribution in [1.82, 2.24) is 0 Å². The molecular formula is C28H33F3O2. The van der Waals surface area contributed by atoms with Crippen LogP contribution in [0.3, 0.4) is 0 Å². The lowest BCUT2D eigenvalue weighted by atomic mass is 9.77. The third kappa shape index (κ3) is 5.46.